The molecule has 2 aromatic carbocycles. The first-order valence-corrected chi connectivity index (χ1v) is 7.24. The number of carbonyl (C=O) groups excluding carboxylic acids is 1. The lowest BCUT2D eigenvalue weighted by molar-refractivity contribution is -0.385. The fourth-order valence-corrected chi connectivity index (χ4v) is 2.13. The van der Waals surface area contributed by atoms with Gasteiger partial charge in [0.05, 0.1) is 24.1 Å². The van der Waals surface area contributed by atoms with E-state index in [1.807, 2.05) is 12.1 Å². The van der Waals surface area contributed by atoms with Crippen molar-refractivity contribution in [1.82, 2.24) is 5.32 Å². The third-order valence-corrected chi connectivity index (χ3v) is 3.30. The zero-order chi connectivity index (χ0) is 17.5. The summed E-state index contributed by atoms with van der Waals surface area (Å²) in [4.78, 5) is 22.4. The maximum atomic E-state index is 12.1. The van der Waals surface area contributed by atoms with E-state index in [1.165, 1.54) is 18.2 Å². The molecule has 122 valence electrons. The average molecular weight is 345 g/mol. The van der Waals surface area contributed by atoms with E-state index in [9.17, 15) is 14.9 Å². The Balaban J connectivity index is 2.09. The first-order valence-electron chi connectivity index (χ1n) is 6.87. The van der Waals surface area contributed by atoms with Gasteiger partial charge in [0.2, 0.25) is 0 Å². The number of methoxy groups -OCH3 is 1. The molecule has 2 rings (SSSR count). The van der Waals surface area contributed by atoms with Gasteiger partial charge in [-0.15, -0.1) is 0 Å². The minimum Gasteiger partial charge on any atom is -0.495 e. The van der Waals surface area contributed by atoms with Gasteiger partial charge in [0.1, 0.15) is 11.3 Å². The molecule has 7 heteroatoms. The number of rotatable bonds is 4. The van der Waals surface area contributed by atoms with Crippen LogP contribution < -0.4 is 10.1 Å². The predicted molar refractivity (Wildman–Crippen MR) is 90.3 cm³/mol. The number of hydrogen-bond acceptors (Lipinski definition) is 4. The average Bonchev–Trinajstić information content (AvgIpc) is 2.58. The molecule has 0 saturated carbocycles. The number of nitro groups is 1. The fraction of sp³-hybridized carbons (Fsp3) is 0.118. The van der Waals surface area contributed by atoms with Crippen LogP contribution in [-0.4, -0.2) is 24.5 Å². The summed E-state index contributed by atoms with van der Waals surface area (Å²) in [5, 5.41) is 13.7. The zero-order valence-corrected chi connectivity index (χ0v) is 13.5. The van der Waals surface area contributed by atoms with Crippen LogP contribution in [-0.2, 0) is 0 Å². The molecule has 0 saturated heterocycles. The molecule has 1 N–H and O–H groups in total. The van der Waals surface area contributed by atoms with Crippen molar-refractivity contribution in [2.45, 2.75) is 0 Å². The Morgan fingerprint density at radius 3 is 2.79 bits per heavy atom. The molecular formula is C17H13ClN2O4. The van der Waals surface area contributed by atoms with E-state index in [0.717, 1.165) is 0 Å². The lowest BCUT2D eigenvalue weighted by atomic mass is 10.1. The Hall–Kier alpha value is -3.04. The molecular weight excluding hydrogens is 332 g/mol. The number of ether oxygens (including phenoxy) is 1. The van der Waals surface area contributed by atoms with Crippen LogP contribution in [0, 0.1) is 22.0 Å². The summed E-state index contributed by atoms with van der Waals surface area (Å²) >= 11 is 5.80. The van der Waals surface area contributed by atoms with Gasteiger partial charge in [-0.1, -0.05) is 35.6 Å². The number of amides is 1. The quantitative estimate of drug-likeness (QED) is 0.525. The van der Waals surface area contributed by atoms with Crippen LogP contribution in [0.1, 0.15) is 15.9 Å². The van der Waals surface area contributed by atoms with Crippen molar-refractivity contribution in [3.05, 3.63) is 68.7 Å². The molecule has 0 unspecified atom stereocenters. The summed E-state index contributed by atoms with van der Waals surface area (Å²) in [6.07, 6.45) is 0. The summed E-state index contributed by atoms with van der Waals surface area (Å²) in [5.74, 6) is 5.66. The van der Waals surface area contributed by atoms with Gasteiger partial charge in [0, 0.05) is 11.1 Å². The summed E-state index contributed by atoms with van der Waals surface area (Å²) in [5.41, 5.74) is 0.268. The molecule has 0 spiro atoms. The normalized spacial score (nSPS) is 9.58. The molecule has 0 aromatic heterocycles. The predicted octanol–water partition coefficient (Wildman–Crippen LogP) is 3.04. The molecule has 2 aromatic rings. The van der Waals surface area contributed by atoms with Gasteiger partial charge in [0.25, 0.3) is 11.6 Å². The summed E-state index contributed by atoms with van der Waals surface area (Å²) in [7, 11) is 1.54. The largest absolute Gasteiger partial charge is 0.495 e. The molecule has 0 aliphatic heterocycles. The number of hydrogen-bond donors (Lipinski definition) is 1. The Labute approximate surface area is 143 Å². The topological polar surface area (TPSA) is 81.5 Å². The third kappa shape index (κ3) is 4.24. The fourth-order valence-electron chi connectivity index (χ4n) is 1.96. The van der Waals surface area contributed by atoms with Crippen LogP contribution in [0.4, 0.5) is 5.69 Å². The zero-order valence-electron chi connectivity index (χ0n) is 12.7. The van der Waals surface area contributed by atoms with Crippen LogP contribution in [0.5, 0.6) is 5.75 Å². The van der Waals surface area contributed by atoms with Crippen molar-refractivity contribution in [3.63, 3.8) is 0 Å². The highest BCUT2D eigenvalue weighted by molar-refractivity contribution is 6.31. The van der Waals surface area contributed by atoms with Crippen LogP contribution in [0.15, 0.2) is 42.5 Å². The highest BCUT2D eigenvalue weighted by Crippen LogP contribution is 2.22. The van der Waals surface area contributed by atoms with Gasteiger partial charge in [0.15, 0.2) is 0 Å². The monoisotopic (exact) mass is 344 g/mol. The summed E-state index contributed by atoms with van der Waals surface area (Å²) in [6.45, 7) is 0.0283. The smallest absolute Gasteiger partial charge is 0.282 e. The number of nitrogens with one attached hydrogen (secondary N) is 1. The van der Waals surface area contributed by atoms with Crippen molar-refractivity contribution in [2.75, 3.05) is 13.7 Å². The number of carbonyl (C=O) groups is 1. The number of benzene rings is 2. The lowest BCUT2D eigenvalue weighted by Crippen LogP contribution is -2.24. The molecule has 1 amide bonds. The highest BCUT2D eigenvalue weighted by Gasteiger charge is 2.19. The van der Waals surface area contributed by atoms with Gasteiger partial charge in [-0.25, -0.2) is 0 Å². The first kappa shape index (κ1) is 17.3. The van der Waals surface area contributed by atoms with Crippen LogP contribution in [0.25, 0.3) is 0 Å². The van der Waals surface area contributed by atoms with E-state index in [0.29, 0.717) is 11.3 Å². The van der Waals surface area contributed by atoms with Crippen LogP contribution >= 0.6 is 11.6 Å². The second-order valence-corrected chi connectivity index (χ2v) is 5.04. The van der Waals surface area contributed by atoms with Gasteiger partial charge < -0.3 is 10.1 Å². The van der Waals surface area contributed by atoms with Crippen molar-refractivity contribution in [2.24, 2.45) is 0 Å². The molecule has 6 nitrogen and oxygen atoms in total. The van der Waals surface area contributed by atoms with Gasteiger partial charge in [-0.05, 0) is 24.3 Å². The lowest BCUT2D eigenvalue weighted by Gasteiger charge is -2.03. The molecule has 0 fully saturated rings. The van der Waals surface area contributed by atoms with E-state index in [-0.39, 0.29) is 22.8 Å². The molecule has 0 radical (unpaired) electrons. The van der Waals surface area contributed by atoms with E-state index >= 15 is 0 Å². The van der Waals surface area contributed by atoms with Crippen molar-refractivity contribution in [1.29, 1.82) is 0 Å². The maximum absolute atomic E-state index is 12.1. The third-order valence-electron chi connectivity index (χ3n) is 3.07. The first-order chi connectivity index (χ1) is 11.5. The van der Waals surface area contributed by atoms with Crippen molar-refractivity contribution in [3.8, 4) is 17.6 Å². The van der Waals surface area contributed by atoms with Gasteiger partial charge >= 0.3 is 0 Å². The summed E-state index contributed by atoms with van der Waals surface area (Å²) < 4.78 is 5.17. The van der Waals surface area contributed by atoms with E-state index in [1.54, 1.807) is 19.2 Å². The second kappa shape index (κ2) is 7.99. The maximum Gasteiger partial charge on any atom is 0.282 e. The molecule has 0 aliphatic rings. The number of para-hydroxylation sites is 1. The SMILES string of the molecule is COc1ccccc1C#CCNC(=O)c1cc(Cl)ccc1[N+](=O)[O-]. The standard InChI is InChI=1S/C17H13ClN2O4/c1-24-16-7-3-2-5-12(16)6-4-10-19-17(21)14-11-13(18)8-9-15(14)20(22)23/h2-3,5,7-9,11H,10H2,1H3,(H,19,21). The number of nitro benzene ring substituents is 1. The molecule has 0 heterocycles. The minimum atomic E-state index is -0.633. The van der Waals surface area contributed by atoms with E-state index < -0.39 is 10.8 Å². The molecule has 0 aliphatic carbocycles. The highest BCUT2D eigenvalue weighted by atomic mass is 35.5. The molecule has 24 heavy (non-hydrogen) atoms. The minimum absolute atomic E-state index is 0.0283. The second-order valence-electron chi connectivity index (χ2n) is 4.60. The van der Waals surface area contributed by atoms with Crippen LogP contribution in [0.3, 0.4) is 0 Å². The van der Waals surface area contributed by atoms with Gasteiger partial charge in [-0.3, -0.25) is 14.9 Å². The summed E-state index contributed by atoms with van der Waals surface area (Å²) in [6, 6.07) is 11.0. The van der Waals surface area contributed by atoms with Crippen molar-refractivity contribution >= 4 is 23.2 Å². The Morgan fingerprint density at radius 2 is 2.08 bits per heavy atom. The molecule has 0 bridgehead atoms. The number of halogens is 1. The van der Waals surface area contributed by atoms with Crippen molar-refractivity contribution < 1.29 is 14.5 Å². The molecule has 0 atom stereocenters. The Bertz CT molecular complexity index is 840. The van der Waals surface area contributed by atoms with E-state index in [4.69, 9.17) is 16.3 Å². The Morgan fingerprint density at radius 1 is 1.33 bits per heavy atom. The van der Waals surface area contributed by atoms with Crippen LogP contribution in [0.2, 0.25) is 5.02 Å². The Kier molecular flexibility index (Phi) is 5.77. The van der Waals surface area contributed by atoms with Gasteiger partial charge in [-0.2, -0.15) is 0 Å². The number of nitrogens with zero attached hydrogens (tertiary/aromatic N) is 1. The van der Waals surface area contributed by atoms with E-state index in [2.05, 4.69) is 17.2 Å².